The molecule has 0 aliphatic heterocycles. The van der Waals surface area contributed by atoms with E-state index in [1.54, 1.807) is 13.8 Å². The van der Waals surface area contributed by atoms with E-state index < -0.39 is 23.6 Å². The number of urea groups is 1. The molecule has 1 unspecified atom stereocenters. The lowest BCUT2D eigenvalue weighted by atomic mass is 9.94. The zero-order valence-electron chi connectivity index (χ0n) is 11.0. The molecule has 0 spiro atoms. The summed E-state index contributed by atoms with van der Waals surface area (Å²) in [4.78, 5) is 22.8. The highest BCUT2D eigenvalue weighted by Crippen LogP contribution is 2.37. The predicted molar refractivity (Wildman–Crippen MR) is 66.7 cm³/mol. The van der Waals surface area contributed by atoms with E-state index in [2.05, 4.69) is 10.6 Å². The highest BCUT2D eigenvalue weighted by atomic mass is 19.1. The van der Waals surface area contributed by atoms with E-state index in [9.17, 15) is 14.0 Å². The van der Waals surface area contributed by atoms with Crippen molar-refractivity contribution in [3.8, 4) is 0 Å². The molecule has 0 aromatic heterocycles. The second-order valence-corrected chi connectivity index (χ2v) is 5.29. The van der Waals surface area contributed by atoms with Crippen LogP contribution in [0.1, 0.15) is 46.0 Å². The quantitative estimate of drug-likeness (QED) is 0.693. The number of alkyl halides is 1. The third-order valence-corrected chi connectivity index (χ3v) is 3.14. The van der Waals surface area contributed by atoms with E-state index in [0.29, 0.717) is 12.8 Å². The van der Waals surface area contributed by atoms with Crippen molar-refractivity contribution >= 4 is 11.9 Å². The Labute approximate surface area is 107 Å². The van der Waals surface area contributed by atoms with Crippen LogP contribution in [0.25, 0.3) is 0 Å². The fraction of sp³-hybridized carbons (Fsp3) is 0.833. The molecular formula is C12H22FN3O2. The lowest BCUT2D eigenvalue weighted by molar-refractivity contribution is -0.120. The van der Waals surface area contributed by atoms with Gasteiger partial charge in [-0.05, 0) is 26.7 Å². The molecule has 1 aliphatic carbocycles. The van der Waals surface area contributed by atoms with Gasteiger partial charge in [0.2, 0.25) is 5.91 Å². The number of hydrogen-bond donors (Lipinski definition) is 3. The fourth-order valence-corrected chi connectivity index (χ4v) is 2.26. The number of halogens is 1. The number of carbonyl (C=O) groups is 2. The minimum atomic E-state index is -1.37. The van der Waals surface area contributed by atoms with Crippen LogP contribution in [0.4, 0.5) is 9.18 Å². The number of carbonyl (C=O) groups excluding carboxylic acids is 2. The number of nitrogens with two attached hydrogens (primary N) is 1. The molecule has 18 heavy (non-hydrogen) atoms. The van der Waals surface area contributed by atoms with Crippen molar-refractivity contribution in [2.75, 3.05) is 0 Å². The van der Waals surface area contributed by atoms with Crippen LogP contribution in [-0.4, -0.2) is 29.7 Å². The highest BCUT2D eigenvalue weighted by Gasteiger charge is 2.38. The van der Waals surface area contributed by atoms with Gasteiger partial charge in [-0.1, -0.05) is 12.8 Å². The average Bonchev–Trinajstić information content (AvgIpc) is 2.62. The van der Waals surface area contributed by atoms with Gasteiger partial charge in [0.1, 0.15) is 11.7 Å². The third-order valence-electron chi connectivity index (χ3n) is 3.14. The summed E-state index contributed by atoms with van der Waals surface area (Å²) in [6, 6.07) is -1.49. The molecule has 6 heteroatoms. The molecule has 5 nitrogen and oxygen atoms in total. The van der Waals surface area contributed by atoms with E-state index in [4.69, 9.17) is 5.73 Å². The maximum absolute atomic E-state index is 14.3. The lowest BCUT2D eigenvalue weighted by Gasteiger charge is -2.25. The van der Waals surface area contributed by atoms with E-state index >= 15 is 0 Å². The van der Waals surface area contributed by atoms with Crippen LogP contribution in [0.2, 0.25) is 0 Å². The SMILES string of the molecule is CC(C)NC(=O)NC(CC1(F)CCCC1)C(N)=O. The first-order valence-corrected chi connectivity index (χ1v) is 6.38. The molecule has 1 aliphatic rings. The lowest BCUT2D eigenvalue weighted by Crippen LogP contribution is -2.52. The number of amides is 3. The van der Waals surface area contributed by atoms with Gasteiger partial charge in [-0.2, -0.15) is 0 Å². The van der Waals surface area contributed by atoms with E-state index in [0.717, 1.165) is 12.8 Å². The molecular weight excluding hydrogens is 237 g/mol. The molecule has 3 amide bonds. The smallest absolute Gasteiger partial charge is 0.315 e. The molecule has 1 atom stereocenters. The molecule has 0 saturated heterocycles. The molecule has 4 N–H and O–H groups in total. The van der Waals surface area contributed by atoms with Gasteiger partial charge in [-0.3, -0.25) is 4.79 Å². The first kappa shape index (κ1) is 14.7. The van der Waals surface area contributed by atoms with Gasteiger partial charge in [0.05, 0.1) is 0 Å². The predicted octanol–water partition coefficient (Wildman–Crippen LogP) is 1.22. The normalized spacial score (nSPS) is 19.6. The van der Waals surface area contributed by atoms with Crippen molar-refractivity contribution in [2.24, 2.45) is 5.73 Å². The average molecular weight is 259 g/mol. The fourth-order valence-electron chi connectivity index (χ4n) is 2.26. The maximum Gasteiger partial charge on any atom is 0.315 e. The van der Waals surface area contributed by atoms with Gasteiger partial charge < -0.3 is 16.4 Å². The number of nitrogens with one attached hydrogen (secondary N) is 2. The van der Waals surface area contributed by atoms with Crippen LogP contribution >= 0.6 is 0 Å². The number of primary amides is 1. The summed E-state index contributed by atoms with van der Waals surface area (Å²) < 4.78 is 14.3. The van der Waals surface area contributed by atoms with Crippen LogP contribution in [0.15, 0.2) is 0 Å². The maximum atomic E-state index is 14.3. The summed E-state index contributed by atoms with van der Waals surface area (Å²) in [5.41, 5.74) is 3.83. The van der Waals surface area contributed by atoms with Crippen molar-refractivity contribution in [3.63, 3.8) is 0 Å². The summed E-state index contributed by atoms with van der Waals surface area (Å²) in [5.74, 6) is -0.696. The van der Waals surface area contributed by atoms with Crippen molar-refractivity contribution < 1.29 is 14.0 Å². The van der Waals surface area contributed by atoms with Gasteiger partial charge in [0.15, 0.2) is 0 Å². The Balaban J connectivity index is 2.54. The minimum absolute atomic E-state index is 0.0339. The largest absolute Gasteiger partial charge is 0.368 e. The third kappa shape index (κ3) is 4.50. The number of hydrogen-bond acceptors (Lipinski definition) is 2. The molecule has 1 rings (SSSR count). The molecule has 0 heterocycles. The summed E-state index contributed by atoms with van der Waals surface area (Å²) in [6.45, 7) is 3.60. The Bertz CT molecular complexity index is 314. The Morgan fingerprint density at radius 2 is 1.83 bits per heavy atom. The van der Waals surface area contributed by atoms with Gasteiger partial charge in [0.25, 0.3) is 0 Å². The van der Waals surface area contributed by atoms with Crippen molar-refractivity contribution in [2.45, 2.75) is 63.7 Å². The summed E-state index contributed by atoms with van der Waals surface area (Å²) in [6.07, 6.45) is 2.47. The van der Waals surface area contributed by atoms with Gasteiger partial charge in [0, 0.05) is 12.5 Å². The topological polar surface area (TPSA) is 84.2 Å². The Morgan fingerprint density at radius 3 is 2.28 bits per heavy atom. The molecule has 0 aromatic carbocycles. The first-order valence-electron chi connectivity index (χ1n) is 6.38. The minimum Gasteiger partial charge on any atom is -0.368 e. The van der Waals surface area contributed by atoms with Crippen LogP contribution in [0, 0.1) is 0 Å². The highest BCUT2D eigenvalue weighted by molar-refractivity contribution is 5.86. The monoisotopic (exact) mass is 259 g/mol. The molecule has 1 fully saturated rings. The van der Waals surface area contributed by atoms with E-state index in [1.807, 2.05) is 0 Å². The van der Waals surface area contributed by atoms with E-state index in [-0.39, 0.29) is 12.5 Å². The first-order chi connectivity index (χ1) is 8.32. The second kappa shape index (κ2) is 6.02. The Kier molecular flexibility index (Phi) is 4.93. The molecule has 104 valence electrons. The van der Waals surface area contributed by atoms with Gasteiger partial charge >= 0.3 is 6.03 Å². The van der Waals surface area contributed by atoms with E-state index in [1.165, 1.54) is 0 Å². The van der Waals surface area contributed by atoms with Crippen LogP contribution in [0.5, 0.6) is 0 Å². The summed E-state index contributed by atoms with van der Waals surface area (Å²) >= 11 is 0. The molecule has 0 bridgehead atoms. The molecule has 0 aromatic rings. The van der Waals surface area contributed by atoms with Crippen molar-refractivity contribution in [1.29, 1.82) is 0 Å². The standard InChI is InChI=1S/C12H22FN3O2/c1-8(2)15-11(18)16-9(10(14)17)7-12(13)5-3-4-6-12/h8-9H,3-7H2,1-2H3,(H2,14,17)(H2,15,16,18). The van der Waals surface area contributed by atoms with Crippen molar-refractivity contribution in [1.82, 2.24) is 10.6 Å². The summed E-state index contributed by atoms with van der Waals surface area (Å²) in [7, 11) is 0. The van der Waals surface area contributed by atoms with Gasteiger partial charge in [-0.15, -0.1) is 0 Å². The number of rotatable bonds is 5. The van der Waals surface area contributed by atoms with Gasteiger partial charge in [-0.25, -0.2) is 9.18 Å². The zero-order valence-corrected chi connectivity index (χ0v) is 11.0. The molecule has 1 saturated carbocycles. The van der Waals surface area contributed by atoms with Crippen LogP contribution in [-0.2, 0) is 4.79 Å². The van der Waals surface area contributed by atoms with Crippen molar-refractivity contribution in [3.05, 3.63) is 0 Å². The Hall–Kier alpha value is -1.33. The second-order valence-electron chi connectivity index (χ2n) is 5.29. The summed E-state index contributed by atoms with van der Waals surface area (Å²) in [5, 5.41) is 5.02. The van der Waals surface area contributed by atoms with Crippen LogP contribution in [0.3, 0.4) is 0 Å². The Morgan fingerprint density at radius 1 is 1.28 bits per heavy atom. The molecule has 0 radical (unpaired) electrons. The van der Waals surface area contributed by atoms with Crippen LogP contribution < -0.4 is 16.4 Å². The zero-order chi connectivity index (χ0) is 13.8.